The summed E-state index contributed by atoms with van der Waals surface area (Å²) in [5, 5.41) is 12.9. The van der Waals surface area contributed by atoms with Crippen molar-refractivity contribution >= 4 is 23.2 Å². The first-order valence-corrected chi connectivity index (χ1v) is 9.81. The molecule has 10 unspecified atom stereocenters. The number of rotatable bonds is 3. The second-order valence-electron chi connectivity index (χ2n) is 8.89. The van der Waals surface area contributed by atoms with E-state index in [2.05, 4.69) is 11.0 Å². The average Bonchev–Trinajstić information content (AvgIpc) is 3.13. The summed E-state index contributed by atoms with van der Waals surface area (Å²) in [6, 6.07) is 6.63. The van der Waals surface area contributed by atoms with Gasteiger partial charge in [-0.25, -0.2) is 0 Å². The second kappa shape index (κ2) is 3.62. The van der Waals surface area contributed by atoms with Crippen molar-refractivity contribution in [3.8, 4) is 0 Å². The van der Waals surface area contributed by atoms with Crippen molar-refractivity contribution in [2.45, 2.75) is 24.6 Å². The van der Waals surface area contributed by atoms with Gasteiger partial charge in [-0.1, -0.05) is 29.3 Å². The number of hydrogen-bond donors (Lipinski definition) is 1. The van der Waals surface area contributed by atoms with Crippen molar-refractivity contribution < 1.29 is 5.11 Å². The van der Waals surface area contributed by atoms with E-state index >= 15 is 0 Å². The summed E-state index contributed by atoms with van der Waals surface area (Å²) < 4.78 is 0. The van der Waals surface area contributed by atoms with Gasteiger partial charge in [0.15, 0.2) is 0 Å². The minimum Gasteiger partial charge on any atom is -0.375 e. The molecule has 0 aromatic heterocycles. The van der Waals surface area contributed by atoms with Crippen LogP contribution in [0.25, 0.3) is 0 Å². The fourth-order valence-corrected chi connectivity index (χ4v) is 9.13. The van der Waals surface area contributed by atoms with Gasteiger partial charge >= 0.3 is 0 Å². The quantitative estimate of drug-likeness (QED) is 0.906. The molecule has 23 heavy (non-hydrogen) atoms. The Balaban J connectivity index is 1.22. The molecule has 0 radical (unpaired) electrons. The first-order chi connectivity index (χ1) is 11.1. The molecule has 2 heterocycles. The van der Waals surface area contributed by atoms with Crippen molar-refractivity contribution in [1.29, 1.82) is 0 Å². The van der Waals surface area contributed by atoms with Crippen LogP contribution in [0.5, 0.6) is 0 Å². The van der Waals surface area contributed by atoms with E-state index in [1.165, 1.54) is 12.0 Å². The molecule has 8 rings (SSSR count). The van der Waals surface area contributed by atoms with Gasteiger partial charge in [0.2, 0.25) is 0 Å². The number of hydrogen-bond acceptors (Lipinski definition) is 2. The van der Waals surface area contributed by atoms with Crippen LogP contribution < -0.4 is 0 Å². The number of benzene rings is 1. The summed E-state index contributed by atoms with van der Waals surface area (Å²) in [6.07, 6.45) is 2.40. The van der Waals surface area contributed by atoms with Crippen LogP contribution in [-0.4, -0.2) is 28.3 Å². The summed E-state index contributed by atoms with van der Waals surface area (Å²) in [7, 11) is 0. The molecule has 0 amide bonds. The maximum atomic E-state index is 11.7. The summed E-state index contributed by atoms with van der Waals surface area (Å²) in [5.41, 5.74) is 0.777. The standard InChI is InChI=1S/C19H19Cl2NO/c20-10-2-1-7(5-11(10)21)3-4-22-18-14-8-6-9-13-12(8)15(18)17(13)19(22,23)16(9)14/h1-2,5,8-9,12-18,23H,3-4,6H2. The van der Waals surface area contributed by atoms with Crippen LogP contribution in [0.15, 0.2) is 18.2 Å². The van der Waals surface area contributed by atoms with Gasteiger partial charge in [-0.3, -0.25) is 4.90 Å². The first kappa shape index (κ1) is 13.0. The smallest absolute Gasteiger partial charge is 0.125 e. The SMILES string of the molecule is OC12C3C4CC5C6C4C1C6C(C53)N2CCc1ccc(Cl)c(Cl)c1. The third kappa shape index (κ3) is 1.10. The Kier molecular flexibility index (Phi) is 2.05. The van der Waals surface area contributed by atoms with Crippen LogP contribution in [0.2, 0.25) is 10.0 Å². The largest absolute Gasteiger partial charge is 0.375 e. The Labute approximate surface area is 145 Å². The van der Waals surface area contributed by atoms with Crippen molar-refractivity contribution in [2.75, 3.05) is 6.54 Å². The highest BCUT2D eigenvalue weighted by Crippen LogP contribution is 2.90. The minimum absolute atomic E-state index is 0.451. The molecule has 2 aliphatic heterocycles. The van der Waals surface area contributed by atoms with E-state index in [0.717, 1.165) is 48.5 Å². The average molecular weight is 348 g/mol. The zero-order valence-corrected chi connectivity index (χ0v) is 14.2. The molecule has 2 saturated heterocycles. The normalized spacial score (nSPS) is 58.8. The van der Waals surface area contributed by atoms with Crippen LogP contribution in [0.4, 0.5) is 0 Å². The van der Waals surface area contributed by atoms with E-state index in [9.17, 15) is 5.11 Å². The highest BCUT2D eigenvalue weighted by atomic mass is 35.5. The first-order valence-electron chi connectivity index (χ1n) is 9.05. The van der Waals surface area contributed by atoms with Gasteiger partial charge in [-0.05, 0) is 66.0 Å². The van der Waals surface area contributed by atoms with Gasteiger partial charge in [0.1, 0.15) is 5.72 Å². The van der Waals surface area contributed by atoms with Crippen molar-refractivity contribution in [1.82, 2.24) is 4.90 Å². The number of halogens is 2. The molecule has 5 aliphatic carbocycles. The third-order valence-electron chi connectivity index (χ3n) is 8.84. The van der Waals surface area contributed by atoms with Crippen LogP contribution in [0.1, 0.15) is 12.0 Å². The van der Waals surface area contributed by atoms with E-state index in [4.69, 9.17) is 23.2 Å². The summed E-state index contributed by atoms with van der Waals surface area (Å²) in [6.45, 7) is 0.970. The zero-order chi connectivity index (χ0) is 15.2. The fraction of sp³-hybridized carbons (Fsp3) is 0.684. The Bertz CT molecular complexity index is 768. The van der Waals surface area contributed by atoms with Gasteiger partial charge in [-0.15, -0.1) is 0 Å². The Hall–Kier alpha value is -0.280. The van der Waals surface area contributed by atoms with Gasteiger partial charge in [-0.2, -0.15) is 0 Å². The van der Waals surface area contributed by atoms with Crippen LogP contribution >= 0.6 is 23.2 Å². The lowest BCUT2D eigenvalue weighted by molar-refractivity contribution is -0.130. The summed E-state index contributed by atoms with van der Waals surface area (Å²) >= 11 is 12.2. The molecule has 1 aromatic rings. The summed E-state index contributed by atoms with van der Waals surface area (Å²) in [5.74, 6) is 6.57. The van der Waals surface area contributed by atoms with E-state index < -0.39 is 5.72 Å². The second-order valence-corrected chi connectivity index (χ2v) is 9.70. The van der Waals surface area contributed by atoms with E-state index in [1.807, 2.05) is 12.1 Å². The molecule has 10 atom stereocenters. The fourth-order valence-electron chi connectivity index (χ4n) is 8.81. The van der Waals surface area contributed by atoms with Crippen molar-refractivity contribution in [3.05, 3.63) is 33.8 Å². The van der Waals surface area contributed by atoms with E-state index in [-0.39, 0.29) is 0 Å². The number of aliphatic hydroxyl groups is 1. The maximum Gasteiger partial charge on any atom is 0.125 e. The molecule has 2 nitrogen and oxygen atoms in total. The van der Waals surface area contributed by atoms with Crippen LogP contribution in [0.3, 0.4) is 0 Å². The van der Waals surface area contributed by atoms with Crippen LogP contribution in [-0.2, 0) is 6.42 Å². The molecule has 0 spiro atoms. The van der Waals surface area contributed by atoms with E-state index in [0.29, 0.717) is 27.9 Å². The van der Waals surface area contributed by atoms with Gasteiger partial charge in [0.25, 0.3) is 0 Å². The monoisotopic (exact) mass is 347 g/mol. The molecule has 7 fully saturated rings. The maximum absolute atomic E-state index is 11.7. The number of nitrogens with zero attached hydrogens (tertiary/aromatic N) is 1. The predicted molar refractivity (Wildman–Crippen MR) is 88.1 cm³/mol. The van der Waals surface area contributed by atoms with E-state index in [1.54, 1.807) is 0 Å². The topological polar surface area (TPSA) is 23.5 Å². The minimum atomic E-state index is -0.451. The van der Waals surface area contributed by atoms with Gasteiger partial charge in [0, 0.05) is 24.4 Å². The lowest BCUT2D eigenvalue weighted by atomic mass is 9.59. The molecule has 120 valence electrons. The Morgan fingerprint density at radius 1 is 1.04 bits per heavy atom. The highest BCUT2D eigenvalue weighted by Gasteiger charge is 2.93. The van der Waals surface area contributed by atoms with Crippen molar-refractivity contribution in [2.24, 2.45) is 47.3 Å². The predicted octanol–water partition coefficient (Wildman–Crippen LogP) is 3.30. The van der Waals surface area contributed by atoms with Gasteiger partial charge in [0.05, 0.1) is 10.0 Å². The lowest BCUT2D eigenvalue weighted by Gasteiger charge is -2.45. The lowest BCUT2D eigenvalue weighted by Crippen LogP contribution is -2.51. The van der Waals surface area contributed by atoms with Crippen LogP contribution in [0, 0.1) is 47.3 Å². The van der Waals surface area contributed by atoms with Crippen molar-refractivity contribution in [3.63, 3.8) is 0 Å². The molecule has 4 bridgehead atoms. The summed E-state index contributed by atoms with van der Waals surface area (Å²) in [4.78, 5) is 2.53. The third-order valence-corrected chi connectivity index (χ3v) is 9.58. The molecule has 4 heteroatoms. The molecule has 5 saturated carbocycles. The molecular weight excluding hydrogens is 329 g/mol. The molecule has 7 aliphatic rings. The molecular formula is C19H19Cl2NO. The molecule has 1 aromatic carbocycles. The van der Waals surface area contributed by atoms with Gasteiger partial charge < -0.3 is 5.11 Å². The highest BCUT2D eigenvalue weighted by molar-refractivity contribution is 6.42. The zero-order valence-electron chi connectivity index (χ0n) is 12.7. The molecule has 1 N–H and O–H groups in total. The Morgan fingerprint density at radius 3 is 2.74 bits per heavy atom. The Morgan fingerprint density at radius 2 is 1.91 bits per heavy atom.